The lowest BCUT2D eigenvalue weighted by Crippen LogP contribution is -2.40. The van der Waals surface area contributed by atoms with E-state index in [0.29, 0.717) is 36.8 Å². The van der Waals surface area contributed by atoms with Crippen LogP contribution in [0.15, 0.2) is 48.5 Å². The van der Waals surface area contributed by atoms with Gasteiger partial charge in [-0.1, -0.05) is 24.3 Å². The van der Waals surface area contributed by atoms with Crippen molar-refractivity contribution < 1.29 is 24.2 Å². The number of nitrogens with one attached hydrogen (secondary N) is 1. The summed E-state index contributed by atoms with van der Waals surface area (Å²) >= 11 is 0. The van der Waals surface area contributed by atoms with Gasteiger partial charge < -0.3 is 24.8 Å². The summed E-state index contributed by atoms with van der Waals surface area (Å²) in [5, 5.41) is 12.1. The van der Waals surface area contributed by atoms with Crippen molar-refractivity contribution in [1.82, 2.24) is 10.2 Å². The molecule has 1 unspecified atom stereocenters. The van der Waals surface area contributed by atoms with E-state index < -0.39 is 11.4 Å². The molecule has 1 aliphatic rings. The van der Waals surface area contributed by atoms with E-state index in [1.54, 1.807) is 18.9 Å². The van der Waals surface area contributed by atoms with Gasteiger partial charge in [-0.2, -0.15) is 0 Å². The molecule has 28 heavy (non-hydrogen) atoms. The highest BCUT2D eigenvalue weighted by atomic mass is 16.5. The maximum atomic E-state index is 12.3. The smallest absolute Gasteiger partial charge is 0.317 e. The molecule has 7 heteroatoms. The normalized spacial score (nSPS) is 18.6. The fourth-order valence-electron chi connectivity index (χ4n) is 3.10. The number of aliphatic carboxylic acids is 1. The number of urea groups is 1. The molecule has 3 rings (SSSR count). The molecule has 0 aliphatic carbocycles. The molecule has 2 N–H and O–H groups in total. The molecule has 148 valence electrons. The van der Waals surface area contributed by atoms with Gasteiger partial charge in [0.15, 0.2) is 11.5 Å². The van der Waals surface area contributed by atoms with Crippen LogP contribution in [0.2, 0.25) is 0 Å². The number of para-hydroxylation sites is 2. The summed E-state index contributed by atoms with van der Waals surface area (Å²) in [6.45, 7) is 2.69. The van der Waals surface area contributed by atoms with Gasteiger partial charge >= 0.3 is 12.0 Å². The average molecular weight is 384 g/mol. The van der Waals surface area contributed by atoms with Gasteiger partial charge in [-0.05, 0) is 43.2 Å². The van der Waals surface area contributed by atoms with Gasteiger partial charge in [0.2, 0.25) is 0 Å². The van der Waals surface area contributed by atoms with Crippen LogP contribution in [-0.4, -0.2) is 42.2 Å². The second-order valence-corrected chi connectivity index (χ2v) is 7.09. The van der Waals surface area contributed by atoms with Crippen molar-refractivity contribution in [2.45, 2.75) is 19.9 Å². The summed E-state index contributed by atoms with van der Waals surface area (Å²) in [5.41, 5.74) is 0.0513. The van der Waals surface area contributed by atoms with Crippen molar-refractivity contribution in [2.75, 3.05) is 20.2 Å². The number of rotatable bonds is 6. The number of amides is 2. The van der Waals surface area contributed by atoms with Crippen molar-refractivity contribution in [3.8, 4) is 17.2 Å². The molecule has 0 spiro atoms. The largest absolute Gasteiger partial charge is 0.493 e. The Morgan fingerprint density at radius 1 is 1.14 bits per heavy atom. The molecule has 0 radical (unpaired) electrons. The summed E-state index contributed by atoms with van der Waals surface area (Å²) in [6.07, 6.45) is 0.463. The van der Waals surface area contributed by atoms with Crippen LogP contribution in [0.3, 0.4) is 0 Å². The van der Waals surface area contributed by atoms with E-state index in [0.717, 1.165) is 5.56 Å². The van der Waals surface area contributed by atoms with Crippen LogP contribution in [0.25, 0.3) is 0 Å². The minimum absolute atomic E-state index is 0.222. The number of nitrogens with zero attached hydrogens (tertiary/aromatic N) is 1. The number of benzene rings is 2. The van der Waals surface area contributed by atoms with E-state index in [1.807, 2.05) is 48.5 Å². The molecule has 1 saturated heterocycles. The Balaban J connectivity index is 1.53. The molecule has 1 aliphatic heterocycles. The highest BCUT2D eigenvalue weighted by Crippen LogP contribution is 2.31. The summed E-state index contributed by atoms with van der Waals surface area (Å²) in [4.78, 5) is 25.1. The Labute approximate surface area is 163 Å². The molecule has 0 saturated carbocycles. The maximum Gasteiger partial charge on any atom is 0.317 e. The minimum atomic E-state index is -0.867. The van der Waals surface area contributed by atoms with Crippen LogP contribution in [0.1, 0.15) is 18.9 Å². The number of likely N-dealkylation sites (tertiary alicyclic amines) is 1. The molecule has 1 heterocycles. The zero-order valence-electron chi connectivity index (χ0n) is 16.0. The van der Waals surface area contributed by atoms with Crippen molar-refractivity contribution in [2.24, 2.45) is 5.41 Å². The third-order valence-corrected chi connectivity index (χ3v) is 4.94. The first-order valence-electron chi connectivity index (χ1n) is 9.07. The van der Waals surface area contributed by atoms with Crippen LogP contribution in [0.5, 0.6) is 17.2 Å². The number of ether oxygens (including phenoxy) is 2. The van der Waals surface area contributed by atoms with Crippen LogP contribution in [0.4, 0.5) is 4.79 Å². The molecule has 2 amide bonds. The van der Waals surface area contributed by atoms with Gasteiger partial charge in [0.05, 0.1) is 12.5 Å². The Morgan fingerprint density at radius 2 is 1.82 bits per heavy atom. The molecule has 0 aromatic heterocycles. The zero-order chi connectivity index (χ0) is 20.1. The second-order valence-electron chi connectivity index (χ2n) is 7.09. The van der Waals surface area contributed by atoms with Crippen molar-refractivity contribution in [3.05, 3.63) is 54.1 Å². The van der Waals surface area contributed by atoms with E-state index in [4.69, 9.17) is 9.47 Å². The van der Waals surface area contributed by atoms with Crippen molar-refractivity contribution in [3.63, 3.8) is 0 Å². The van der Waals surface area contributed by atoms with Gasteiger partial charge in [-0.25, -0.2) is 4.79 Å². The Hall–Kier alpha value is -3.22. The summed E-state index contributed by atoms with van der Waals surface area (Å²) in [6, 6.07) is 14.5. The first kappa shape index (κ1) is 19.5. The average Bonchev–Trinajstić information content (AvgIpc) is 3.11. The first-order valence-corrected chi connectivity index (χ1v) is 9.07. The van der Waals surface area contributed by atoms with Crippen molar-refractivity contribution >= 4 is 12.0 Å². The summed E-state index contributed by atoms with van der Waals surface area (Å²) < 4.78 is 11.1. The molecule has 0 bridgehead atoms. The topological polar surface area (TPSA) is 88.1 Å². The van der Waals surface area contributed by atoms with E-state index in [-0.39, 0.29) is 12.6 Å². The Bertz CT molecular complexity index is 852. The monoisotopic (exact) mass is 384 g/mol. The zero-order valence-corrected chi connectivity index (χ0v) is 16.0. The predicted octanol–water partition coefficient (Wildman–Crippen LogP) is 3.49. The number of hydrogen-bond acceptors (Lipinski definition) is 4. The number of carboxylic acid groups (broad SMARTS) is 1. The Kier molecular flexibility index (Phi) is 5.73. The fourth-order valence-corrected chi connectivity index (χ4v) is 3.10. The van der Waals surface area contributed by atoms with E-state index in [2.05, 4.69) is 5.32 Å². The molecule has 2 aromatic carbocycles. The quantitative estimate of drug-likeness (QED) is 0.796. The molecule has 1 atom stereocenters. The summed E-state index contributed by atoms with van der Waals surface area (Å²) in [5.74, 6) is 1.07. The van der Waals surface area contributed by atoms with Gasteiger partial charge in [0.1, 0.15) is 5.75 Å². The van der Waals surface area contributed by atoms with E-state index in [1.165, 1.54) is 0 Å². The van der Waals surface area contributed by atoms with Crippen LogP contribution in [0, 0.1) is 5.41 Å². The lowest BCUT2D eigenvalue weighted by Gasteiger charge is -2.20. The number of methoxy groups -OCH3 is 1. The standard InChI is InChI=1S/C21H24N2O5/c1-21(19(24)25)11-12-23(14-21)20(26)22-13-15-7-9-16(10-8-15)28-18-6-4-3-5-17(18)27-2/h3-10H,11-14H2,1-2H3,(H,22,26)(H,24,25). The third kappa shape index (κ3) is 4.36. The molecule has 1 fully saturated rings. The van der Waals surface area contributed by atoms with Gasteiger partial charge in [0, 0.05) is 19.6 Å². The second kappa shape index (κ2) is 8.21. The molecule has 2 aromatic rings. The molecular formula is C21H24N2O5. The van der Waals surface area contributed by atoms with Crippen LogP contribution >= 0.6 is 0 Å². The third-order valence-electron chi connectivity index (χ3n) is 4.94. The lowest BCUT2D eigenvalue weighted by molar-refractivity contribution is -0.147. The van der Waals surface area contributed by atoms with Gasteiger partial charge in [-0.15, -0.1) is 0 Å². The number of carbonyl (C=O) groups is 2. The summed E-state index contributed by atoms with van der Waals surface area (Å²) in [7, 11) is 1.59. The van der Waals surface area contributed by atoms with Crippen LogP contribution < -0.4 is 14.8 Å². The fraction of sp³-hybridized carbons (Fsp3) is 0.333. The van der Waals surface area contributed by atoms with E-state index in [9.17, 15) is 14.7 Å². The van der Waals surface area contributed by atoms with Gasteiger partial charge in [0.25, 0.3) is 0 Å². The minimum Gasteiger partial charge on any atom is -0.493 e. The van der Waals surface area contributed by atoms with Gasteiger partial charge in [-0.3, -0.25) is 4.79 Å². The molecule has 7 nitrogen and oxygen atoms in total. The van der Waals surface area contributed by atoms with Crippen molar-refractivity contribution in [1.29, 1.82) is 0 Å². The number of hydrogen-bond donors (Lipinski definition) is 2. The number of carboxylic acids is 1. The highest BCUT2D eigenvalue weighted by molar-refractivity contribution is 5.79. The van der Waals surface area contributed by atoms with Crippen LogP contribution in [-0.2, 0) is 11.3 Å². The predicted molar refractivity (Wildman–Crippen MR) is 104 cm³/mol. The maximum absolute atomic E-state index is 12.3. The Morgan fingerprint density at radius 3 is 2.43 bits per heavy atom. The number of carbonyl (C=O) groups excluding carboxylic acids is 1. The molecular weight excluding hydrogens is 360 g/mol. The lowest BCUT2D eigenvalue weighted by atomic mass is 9.90. The van der Waals surface area contributed by atoms with E-state index >= 15 is 0 Å². The SMILES string of the molecule is COc1ccccc1Oc1ccc(CNC(=O)N2CCC(C)(C(=O)O)C2)cc1. The first-order chi connectivity index (χ1) is 13.4. The highest BCUT2D eigenvalue weighted by Gasteiger charge is 2.42.